The zero-order valence-corrected chi connectivity index (χ0v) is 13.8. The SMILES string of the molecule is O=C1NC(Cc2cc3ccccc3n2Cc2ccccc2)C(=O)S1. The van der Waals surface area contributed by atoms with Crippen LogP contribution >= 0.6 is 11.8 Å². The maximum Gasteiger partial charge on any atom is 0.287 e. The van der Waals surface area contributed by atoms with Gasteiger partial charge in [-0.3, -0.25) is 9.59 Å². The van der Waals surface area contributed by atoms with Gasteiger partial charge in [-0.15, -0.1) is 0 Å². The van der Waals surface area contributed by atoms with E-state index in [4.69, 9.17) is 0 Å². The molecule has 1 saturated heterocycles. The number of nitrogens with zero attached hydrogens (tertiary/aromatic N) is 1. The molecule has 0 aliphatic carbocycles. The van der Waals surface area contributed by atoms with E-state index in [-0.39, 0.29) is 10.4 Å². The third-order valence-corrected chi connectivity index (χ3v) is 5.05. The highest BCUT2D eigenvalue weighted by Crippen LogP contribution is 2.25. The van der Waals surface area contributed by atoms with Gasteiger partial charge in [-0.2, -0.15) is 0 Å². The minimum absolute atomic E-state index is 0.100. The fraction of sp³-hybridized carbons (Fsp3) is 0.158. The molecule has 1 aromatic heterocycles. The number of rotatable bonds is 4. The summed E-state index contributed by atoms with van der Waals surface area (Å²) in [5, 5.41) is 3.54. The Balaban J connectivity index is 1.73. The van der Waals surface area contributed by atoms with Crippen LogP contribution < -0.4 is 5.32 Å². The van der Waals surface area contributed by atoms with Crippen molar-refractivity contribution in [2.24, 2.45) is 0 Å². The molecular formula is C19H16N2O2S. The first-order valence-electron chi connectivity index (χ1n) is 7.84. The number of amides is 1. The summed E-state index contributed by atoms with van der Waals surface area (Å²) in [6, 6.07) is 20.1. The van der Waals surface area contributed by atoms with Crippen LogP contribution in [-0.2, 0) is 17.8 Å². The van der Waals surface area contributed by atoms with Crippen LogP contribution in [0.25, 0.3) is 10.9 Å². The Morgan fingerprint density at radius 2 is 1.75 bits per heavy atom. The number of aromatic nitrogens is 1. The standard InChI is InChI=1S/C19H16N2O2S/c22-18-16(20-19(23)24-18)11-15-10-14-8-4-5-9-17(14)21(15)12-13-6-2-1-3-7-13/h1-10,16H,11-12H2,(H,20,23). The summed E-state index contributed by atoms with van der Waals surface area (Å²) < 4.78 is 2.23. The third-order valence-electron chi connectivity index (χ3n) is 4.26. The normalized spacial score (nSPS) is 17.4. The highest BCUT2D eigenvalue weighted by atomic mass is 32.2. The van der Waals surface area contributed by atoms with Gasteiger partial charge in [0.15, 0.2) is 0 Å². The lowest BCUT2D eigenvalue weighted by Gasteiger charge is -2.13. The Morgan fingerprint density at radius 1 is 1.00 bits per heavy atom. The van der Waals surface area contributed by atoms with E-state index in [1.54, 1.807) is 0 Å². The van der Waals surface area contributed by atoms with E-state index in [0.29, 0.717) is 6.42 Å². The lowest BCUT2D eigenvalue weighted by molar-refractivity contribution is -0.112. The molecule has 2 aromatic carbocycles. The Morgan fingerprint density at radius 3 is 2.50 bits per heavy atom. The van der Waals surface area contributed by atoms with Gasteiger partial charge >= 0.3 is 0 Å². The minimum atomic E-state index is -0.443. The number of hydrogen-bond acceptors (Lipinski definition) is 3. The number of para-hydroxylation sites is 1. The molecule has 1 N–H and O–H groups in total. The molecule has 0 saturated carbocycles. The van der Waals surface area contributed by atoms with Crippen LogP contribution in [0.3, 0.4) is 0 Å². The maximum absolute atomic E-state index is 11.9. The van der Waals surface area contributed by atoms with Crippen molar-refractivity contribution in [3.05, 3.63) is 71.9 Å². The number of thioether (sulfide) groups is 1. The molecule has 0 radical (unpaired) electrons. The molecule has 3 aromatic rings. The smallest absolute Gasteiger partial charge is 0.287 e. The van der Waals surface area contributed by atoms with Gasteiger partial charge in [-0.1, -0.05) is 48.5 Å². The van der Waals surface area contributed by atoms with Crippen molar-refractivity contribution < 1.29 is 9.59 Å². The zero-order valence-electron chi connectivity index (χ0n) is 12.9. The van der Waals surface area contributed by atoms with E-state index in [2.05, 4.69) is 40.2 Å². The monoisotopic (exact) mass is 336 g/mol. The van der Waals surface area contributed by atoms with Gasteiger partial charge in [-0.05, 0) is 23.1 Å². The highest BCUT2D eigenvalue weighted by Gasteiger charge is 2.32. The molecule has 0 bridgehead atoms. The van der Waals surface area contributed by atoms with Crippen LogP contribution in [0, 0.1) is 0 Å². The quantitative estimate of drug-likeness (QED) is 0.792. The number of nitrogens with one attached hydrogen (secondary N) is 1. The molecule has 1 atom stereocenters. The zero-order chi connectivity index (χ0) is 16.5. The average molecular weight is 336 g/mol. The molecular weight excluding hydrogens is 320 g/mol. The molecule has 24 heavy (non-hydrogen) atoms. The van der Waals surface area contributed by atoms with Gasteiger partial charge in [0.05, 0.1) is 0 Å². The van der Waals surface area contributed by atoms with Gasteiger partial charge in [0.25, 0.3) is 5.24 Å². The third kappa shape index (κ3) is 2.83. The van der Waals surface area contributed by atoms with E-state index in [1.165, 1.54) is 5.56 Å². The minimum Gasteiger partial charge on any atom is -0.340 e. The van der Waals surface area contributed by atoms with Crippen molar-refractivity contribution in [1.82, 2.24) is 9.88 Å². The summed E-state index contributed by atoms with van der Waals surface area (Å²) in [6.45, 7) is 0.742. The average Bonchev–Trinajstić information content (AvgIpc) is 3.09. The first kappa shape index (κ1) is 15.0. The lowest BCUT2D eigenvalue weighted by atomic mass is 10.1. The second-order valence-electron chi connectivity index (χ2n) is 5.88. The van der Waals surface area contributed by atoms with E-state index in [9.17, 15) is 9.59 Å². The van der Waals surface area contributed by atoms with Crippen molar-refractivity contribution >= 4 is 33.0 Å². The summed E-state index contributed by atoms with van der Waals surface area (Å²) in [4.78, 5) is 23.4. The first-order chi connectivity index (χ1) is 11.7. The molecule has 5 heteroatoms. The van der Waals surface area contributed by atoms with Crippen molar-refractivity contribution in [3.8, 4) is 0 Å². The second-order valence-corrected chi connectivity index (χ2v) is 6.85. The first-order valence-corrected chi connectivity index (χ1v) is 8.65. The Hall–Kier alpha value is -2.53. The highest BCUT2D eigenvalue weighted by molar-refractivity contribution is 8.26. The largest absolute Gasteiger partial charge is 0.340 e. The topological polar surface area (TPSA) is 51.1 Å². The molecule has 1 unspecified atom stereocenters. The number of hydrogen-bond donors (Lipinski definition) is 1. The van der Waals surface area contributed by atoms with Gasteiger partial charge < -0.3 is 9.88 Å². The van der Waals surface area contributed by atoms with Crippen molar-refractivity contribution in [3.63, 3.8) is 0 Å². The molecule has 1 amide bonds. The molecule has 1 fully saturated rings. The van der Waals surface area contributed by atoms with E-state index in [1.807, 2.05) is 30.3 Å². The van der Waals surface area contributed by atoms with Crippen molar-refractivity contribution in [2.45, 2.75) is 19.0 Å². The summed E-state index contributed by atoms with van der Waals surface area (Å²) >= 11 is 0.766. The van der Waals surface area contributed by atoms with Gasteiger partial charge in [0.2, 0.25) is 5.12 Å². The maximum atomic E-state index is 11.9. The fourth-order valence-electron chi connectivity index (χ4n) is 3.13. The summed E-state index contributed by atoms with van der Waals surface area (Å²) in [7, 11) is 0. The molecule has 0 spiro atoms. The van der Waals surface area contributed by atoms with Gasteiger partial charge in [-0.25, -0.2) is 0 Å². The summed E-state index contributed by atoms with van der Waals surface area (Å²) in [5.74, 6) is 0. The predicted octanol–water partition coefficient (Wildman–Crippen LogP) is 3.58. The van der Waals surface area contributed by atoms with Crippen molar-refractivity contribution in [2.75, 3.05) is 0 Å². The van der Waals surface area contributed by atoms with Crippen LogP contribution in [0.2, 0.25) is 0 Å². The lowest BCUT2D eigenvalue weighted by Crippen LogP contribution is -2.31. The van der Waals surface area contributed by atoms with Gasteiger partial charge in [0.1, 0.15) is 6.04 Å². The van der Waals surface area contributed by atoms with Crippen LogP contribution in [0.1, 0.15) is 11.3 Å². The predicted molar refractivity (Wildman–Crippen MR) is 96.1 cm³/mol. The molecule has 2 heterocycles. The second kappa shape index (κ2) is 6.17. The van der Waals surface area contributed by atoms with Crippen LogP contribution in [0.4, 0.5) is 4.79 Å². The molecule has 1 aliphatic rings. The van der Waals surface area contributed by atoms with Crippen molar-refractivity contribution in [1.29, 1.82) is 0 Å². The van der Waals surface area contributed by atoms with E-state index < -0.39 is 6.04 Å². The number of carbonyl (C=O) groups is 2. The Labute approximate surface area is 143 Å². The Kier molecular flexibility index (Phi) is 3.86. The van der Waals surface area contributed by atoms with E-state index >= 15 is 0 Å². The number of carbonyl (C=O) groups excluding carboxylic acids is 2. The van der Waals surface area contributed by atoms with Crippen LogP contribution in [-0.4, -0.2) is 21.0 Å². The van der Waals surface area contributed by atoms with Crippen LogP contribution in [0.5, 0.6) is 0 Å². The summed E-state index contributed by atoms with van der Waals surface area (Å²) in [6.07, 6.45) is 0.513. The summed E-state index contributed by atoms with van der Waals surface area (Å²) in [5.41, 5.74) is 3.40. The Bertz CT molecular complexity index is 918. The van der Waals surface area contributed by atoms with Gasteiger partial charge in [0, 0.05) is 35.9 Å². The molecule has 4 nitrogen and oxygen atoms in total. The molecule has 120 valence electrons. The number of benzene rings is 2. The van der Waals surface area contributed by atoms with E-state index in [0.717, 1.165) is 34.9 Å². The molecule has 4 rings (SSSR count). The number of fused-ring (bicyclic) bond motifs is 1. The van der Waals surface area contributed by atoms with Crippen LogP contribution in [0.15, 0.2) is 60.7 Å². The fourth-order valence-corrected chi connectivity index (χ4v) is 3.79. The molecule has 1 aliphatic heterocycles.